The van der Waals surface area contributed by atoms with Crippen molar-refractivity contribution in [3.63, 3.8) is 0 Å². The average Bonchev–Trinajstić information content (AvgIpc) is 2.94. The molecule has 2 heterocycles. The molecule has 0 aliphatic carbocycles. The largest absolute Gasteiger partial charge is 0.481 e. The highest BCUT2D eigenvalue weighted by atomic mass is 32.1. The summed E-state index contributed by atoms with van der Waals surface area (Å²) in [5.41, 5.74) is 0.728. The third-order valence-corrected chi connectivity index (χ3v) is 3.67. The van der Waals surface area contributed by atoms with Crippen LogP contribution < -0.4 is 0 Å². The Morgan fingerprint density at radius 3 is 2.67 bits per heavy atom. The van der Waals surface area contributed by atoms with E-state index < -0.39 is 11.9 Å². The predicted octanol–water partition coefficient (Wildman–Crippen LogP) is 0.782. The number of rotatable bonds is 4. The Hall–Kier alpha value is -1.90. The molecular weight excluding hydrogens is 256 g/mol. The van der Waals surface area contributed by atoms with Crippen LogP contribution in [-0.2, 0) is 4.79 Å². The van der Waals surface area contributed by atoms with Gasteiger partial charge in [0.25, 0.3) is 0 Å². The van der Waals surface area contributed by atoms with E-state index in [0.717, 1.165) is 10.6 Å². The van der Waals surface area contributed by atoms with E-state index >= 15 is 0 Å². The summed E-state index contributed by atoms with van der Waals surface area (Å²) in [4.78, 5) is 11.8. The molecule has 2 atom stereocenters. The van der Waals surface area contributed by atoms with Gasteiger partial charge in [0.1, 0.15) is 4.88 Å². The number of carboxylic acid groups (broad SMARTS) is 1. The molecule has 0 radical (unpaired) electrons. The number of hydrogen-bond donors (Lipinski definition) is 1. The molecule has 9 heteroatoms. The summed E-state index contributed by atoms with van der Waals surface area (Å²) in [6.45, 7) is 5.20. The molecule has 1 N–H and O–H groups in total. The first-order chi connectivity index (χ1) is 8.52. The zero-order valence-electron chi connectivity index (χ0n) is 10.1. The van der Waals surface area contributed by atoms with Crippen LogP contribution in [0.5, 0.6) is 0 Å². The lowest BCUT2D eigenvalue weighted by molar-refractivity contribution is -0.142. The quantitative estimate of drug-likeness (QED) is 0.873. The van der Waals surface area contributed by atoms with E-state index in [2.05, 4.69) is 25.1 Å². The second-order valence-corrected chi connectivity index (χ2v) is 4.76. The Morgan fingerprint density at radius 2 is 2.11 bits per heavy atom. The van der Waals surface area contributed by atoms with Gasteiger partial charge in [0.15, 0.2) is 5.82 Å². The fourth-order valence-electron chi connectivity index (χ4n) is 1.47. The first-order valence-corrected chi connectivity index (χ1v) is 6.09. The van der Waals surface area contributed by atoms with Gasteiger partial charge < -0.3 is 5.11 Å². The number of nitrogens with zero attached hydrogens (tertiary/aromatic N) is 6. The fourth-order valence-corrected chi connectivity index (χ4v) is 2.11. The van der Waals surface area contributed by atoms with Gasteiger partial charge in [-0.25, -0.2) is 4.68 Å². The van der Waals surface area contributed by atoms with Crippen LogP contribution in [0.4, 0.5) is 0 Å². The SMILES string of the molecule is Cc1nnsc1-c1nnnn1C(C)C(C)C(=O)O. The minimum absolute atomic E-state index is 0.353. The summed E-state index contributed by atoms with van der Waals surface area (Å²) in [5, 5.41) is 24.3. The van der Waals surface area contributed by atoms with Crippen molar-refractivity contribution in [1.82, 2.24) is 29.8 Å². The zero-order valence-corrected chi connectivity index (χ0v) is 10.9. The second kappa shape index (κ2) is 4.77. The second-order valence-electron chi connectivity index (χ2n) is 4.00. The molecule has 2 aromatic heterocycles. The summed E-state index contributed by atoms with van der Waals surface area (Å²) < 4.78 is 5.33. The number of hydrogen-bond acceptors (Lipinski definition) is 7. The molecule has 0 aliphatic heterocycles. The Balaban J connectivity index is 2.40. The molecule has 0 spiro atoms. The Bertz CT molecular complexity index is 565. The fraction of sp³-hybridized carbons (Fsp3) is 0.556. The number of tetrazole rings is 1. The Kier molecular flexibility index (Phi) is 3.32. The van der Waals surface area contributed by atoms with Crippen molar-refractivity contribution in [2.45, 2.75) is 26.8 Å². The summed E-state index contributed by atoms with van der Waals surface area (Å²) in [6.07, 6.45) is 0. The summed E-state index contributed by atoms with van der Waals surface area (Å²) in [7, 11) is 0. The van der Waals surface area contributed by atoms with Crippen LogP contribution in [0.15, 0.2) is 0 Å². The molecule has 2 unspecified atom stereocenters. The van der Waals surface area contributed by atoms with E-state index in [1.165, 1.54) is 16.2 Å². The highest BCUT2D eigenvalue weighted by Crippen LogP contribution is 2.27. The number of aromatic nitrogens is 6. The van der Waals surface area contributed by atoms with Crippen molar-refractivity contribution < 1.29 is 9.90 Å². The molecular formula is C9H12N6O2S. The lowest BCUT2D eigenvalue weighted by Gasteiger charge is -2.16. The maximum Gasteiger partial charge on any atom is 0.308 e. The predicted molar refractivity (Wildman–Crippen MR) is 63.0 cm³/mol. The summed E-state index contributed by atoms with van der Waals surface area (Å²) in [6, 6.07) is -0.353. The van der Waals surface area contributed by atoms with E-state index in [1.807, 2.05) is 6.92 Å². The first-order valence-electron chi connectivity index (χ1n) is 5.32. The Morgan fingerprint density at radius 1 is 1.39 bits per heavy atom. The zero-order chi connectivity index (χ0) is 13.3. The summed E-state index contributed by atoms with van der Waals surface area (Å²) in [5.74, 6) is -0.973. The van der Waals surface area contributed by atoms with Gasteiger partial charge in [-0.05, 0) is 42.7 Å². The van der Waals surface area contributed by atoms with Crippen molar-refractivity contribution in [3.05, 3.63) is 5.69 Å². The molecule has 0 amide bonds. The summed E-state index contributed by atoms with van der Waals surface area (Å²) >= 11 is 1.19. The van der Waals surface area contributed by atoms with E-state index in [4.69, 9.17) is 5.11 Å². The maximum absolute atomic E-state index is 11.0. The van der Waals surface area contributed by atoms with Crippen LogP contribution in [0, 0.1) is 12.8 Å². The monoisotopic (exact) mass is 268 g/mol. The third-order valence-electron chi connectivity index (χ3n) is 2.85. The molecule has 2 aromatic rings. The van der Waals surface area contributed by atoms with E-state index in [-0.39, 0.29) is 6.04 Å². The minimum atomic E-state index is -0.886. The van der Waals surface area contributed by atoms with Gasteiger partial charge in [-0.3, -0.25) is 4.79 Å². The maximum atomic E-state index is 11.0. The molecule has 8 nitrogen and oxygen atoms in total. The number of carbonyl (C=O) groups is 1. The molecule has 0 saturated carbocycles. The normalized spacial score (nSPS) is 14.4. The van der Waals surface area contributed by atoms with Gasteiger partial charge in [-0.2, -0.15) is 0 Å². The lowest BCUT2D eigenvalue weighted by Crippen LogP contribution is -2.23. The van der Waals surface area contributed by atoms with Crippen LogP contribution in [0.1, 0.15) is 25.6 Å². The molecule has 0 saturated heterocycles. The Labute approximate surface area is 107 Å². The molecule has 2 rings (SSSR count). The van der Waals surface area contributed by atoms with Gasteiger partial charge in [-0.15, -0.1) is 10.2 Å². The van der Waals surface area contributed by atoms with Gasteiger partial charge in [-0.1, -0.05) is 4.49 Å². The van der Waals surface area contributed by atoms with E-state index in [1.54, 1.807) is 13.8 Å². The van der Waals surface area contributed by atoms with Gasteiger partial charge in [0, 0.05) is 0 Å². The minimum Gasteiger partial charge on any atom is -0.481 e. The van der Waals surface area contributed by atoms with Crippen LogP contribution in [-0.4, -0.2) is 40.9 Å². The van der Waals surface area contributed by atoms with Gasteiger partial charge in [0.2, 0.25) is 0 Å². The highest BCUT2D eigenvalue weighted by Gasteiger charge is 2.26. The number of aliphatic carboxylic acids is 1. The van der Waals surface area contributed by atoms with E-state index in [0.29, 0.717) is 5.82 Å². The third kappa shape index (κ3) is 2.08. The smallest absolute Gasteiger partial charge is 0.308 e. The lowest BCUT2D eigenvalue weighted by atomic mass is 10.0. The highest BCUT2D eigenvalue weighted by molar-refractivity contribution is 7.09. The van der Waals surface area contributed by atoms with Crippen molar-refractivity contribution in [2.75, 3.05) is 0 Å². The molecule has 0 fully saturated rings. The van der Waals surface area contributed by atoms with Crippen molar-refractivity contribution in [2.24, 2.45) is 5.92 Å². The first kappa shape index (κ1) is 12.6. The van der Waals surface area contributed by atoms with Crippen molar-refractivity contribution in [1.29, 1.82) is 0 Å². The molecule has 0 bridgehead atoms. The molecule has 0 aliphatic rings. The molecule has 96 valence electrons. The standard InChI is InChI=1S/C9H12N6O2S/c1-4(9(16)17)6(3)15-8(11-12-13-15)7-5(2)10-14-18-7/h4,6H,1-3H3,(H,16,17). The van der Waals surface area contributed by atoms with Crippen molar-refractivity contribution >= 4 is 17.5 Å². The van der Waals surface area contributed by atoms with Crippen LogP contribution in [0.3, 0.4) is 0 Å². The molecule has 0 aromatic carbocycles. The van der Waals surface area contributed by atoms with Crippen LogP contribution >= 0.6 is 11.5 Å². The van der Waals surface area contributed by atoms with Crippen LogP contribution in [0.2, 0.25) is 0 Å². The topological polar surface area (TPSA) is 107 Å². The number of carboxylic acids is 1. The number of aryl methyl sites for hydroxylation is 1. The van der Waals surface area contributed by atoms with E-state index in [9.17, 15) is 4.79 Å². The van der Waals surface area contributed by atoms with Crippen molar-refractivity contribution in [3.8, 4) is 10.7 Å². The van der Waals surface area contributed by atoms with Crippen LogP contribution in [0.25, 0.3) is 10.7 Å². The van der Waals surface area contributed by atoms with Gasteiger partial charge in [0.05, 0.1) is 17.7 Å². The molecule has 18 heavy (non-hydrogen) atoms. The van der Waals surface area contributed by atoms with Gasteiger partial charge >= 0.3 is 5.97 Å². The average molecular weight is 268 g/mol.